The van der Waals surface area contributed by atoms with E-state index in [-0.39, 0.29) is 5.97 Å². The predicted octanol–water partition coefficient (Wildman–Crippen LogP) is 3.57. The normalized spacial score (nSPS) is 10.5. The smallest absolute Gasteiger partial charge is 0.337 e. The maximum absolute atomic E-state index is 11.3. The monoisotopic (exact) mass is 288 g/mol. The number of methoxy groups -OCH3 is 1. The lowest BCUT2D eigenvalue weighted by Crippen LogP contribution is -2.00. The summed E-state index contributed by atoms with van der Waals surface area (Å²) < 4.78 is 4.63. The minimum Gasteiger partial charge on any atom is -0.465 e. The molecule has 1 N–H and O–H groups in total. The van der Waals surface area contributed by atoms with Crippen molar-refractivity contribution in [2.75, 3.05) is 12.5 Å². The number of nitrogens with one attached hydrogen (secondary N) is 1. The first-order valence-corrected chi connectivity index (χ1v) is 6.30. The molecule has 2 aromatic carbocycles. The fourth-order valence-corrected chi connectivity index (χ4v) is 1.75. The van der Waals surface area contributed by atoms with Crippen LogP contribution in [-0.4, -0.2) is 19.3 Å². The van der Waals surface area contributed by atoms with Gasteiger partial charge in [-0.15, -0.1) is 0 Å². The average molecular weight is 289 g/mol. The maximum atomic E-state index is 11.3. The SMILES string of the molecule is COC(=O)c1ccc(C=NNc2cccc(Cl)c2)cc1. The average Bonchev–Trinajstić information content (AvgIpc) is 2.47. The minimum absolute atomic E-state index is 0.356. The summed E-state index contributed by atoms with van der Waals surface area (Å²) in [5, 5.41) is 4.74. The largest absolute Gasteiger partial charge is 0.465 e. The van der Waals surface area contributed by atoms with Crippen LogP contribution in [0.25, 0.3) is 0 Å². The minimum atomic E-state index is -0.356. The van der Waals surface area contributed by atoms with Crippen LogP contribution in [-0.2, 0) is 4.74 Å². The van der Waals surface area contributed by atoms with Crippen molar-refractivity contribution in [3.8, 4) is 0 Å². The highest BCUT2D eigenvalue weighted by Gasteiger charge is 2.03. The number of nitrogens with zero attached hydrogens (tertiary/aromatic N) is 1. The summed E-state index contributed by atoms with van der Waals surface area (Å²) in [6.45, 7) is 0. The fourth-order valence-electron chi connectivity index (χ4n) is 1.56. The summed E-state index contributed by atoms with van der Waals surface area (Å²) in [4.78, 5) is 11.3. The van der Waals surface area contributed by atoms with E-state index in [2.05, 4.69) is 15.3 Å². The van der Waals surface area contributed by atoms with Crippen LogP contribution in [0, 0.1) is 0 Å². The van der Waals surface area contributed by atoms with Gasteiger partial charge >= 0.3 is 5.97 Å². The molecule has 0 atom stereocenters. The summed E-state index contributed by atoms with van der Waals surface area (Å²) in [7, 11) is 1.35. The highest BCUT2D eigenvalue weighted by Crippen LogP contribution is 2.14. The zero-order chi connectivity index (χ0) is 14.4. The third kappa shape index (κ3) is 3.83. The van der Waals surface area contributed by atoms with Gasteiger partial charge in [-0.1, -0.05) is 29.8 Å². The molecule has 5 heteroatoms. The van der Waals surface area contributed by atoms with Crippen molar-refractivity contribution >= 4 is 29.5 Å². The molecule has 0 unspecified atom stereocenters. The van der Waals surface area contributed by atoms with Gasteiger partial charge in [0, 0.05) is 5.02 Å². The molecule has 102 valence electrons. The molecule has 0 radical (unpaired) electrons. The molecule has 0 aromatic heterocycles. The quantitative estimate of drug-likeness (QED) is 0.531. The maximum Gasteiger partial charge on any atom is 0.337 e. The van der Waals surface area contributed by atoms with Gasteiger partial charge in [-0.2, -0.15) is 5.10 Å². The van der Waals surface area contributed by atoms with Gasteiger partial charge in [-0.05, 0) is 35.9 Å². The highest BCUT2D eigenvalue weighted by atomic mass is 35.5. The van der Waals surface area contributed by atoms with Crippen molar-refractivity contribution in [3.05, 3.63) is 64.7 Å². The summed E-state index contributed by atoms with van der Waals surface area (Å²) in [6, 6.07) is 14.2. The number of halogens is 1. The second-order valence-electron chi connectivity index (χ2n) is 3.99. The van der Waals surface area contributed by atoms with E-state index in [4.69, 9.17) is 11.6 Å². The van der Waals surface area contributed by atoms with Crippen LogP contribution < -0.4 is 5.43 Å². The van der Waals surface area contributed by atoms with Crippen LogP contribution in [0.15, 0.2) is 53.6 Å². The summed E-state index contributed by atoms with van der Waals surface area (Å²) in [6.07, 6.45) is 1.65. The Balaban J connectivity index is 1.99. The Bertz CT molecular complexity index is 624. The zero-order valence-corrected chi connectivity index (χ0v) is 11.6. The molecular weight excluding hydrogens is 276 g/mol. The van der Waals surface area contributed by atoms with Crippen LogP contribution in [0.4, 0.5) is 5.69 Å². The molecule has 0 aliphatic carbocycles. The lowest BCUT2D eigenvalue weighted by atomic mass is 10.1. The molecule has 0 spiro atoms. The lowest BCUT2D eigenvalue weighted by molar-refractivity contribution is 0.0601. The van der Waals surface area contributed by atoms with Crippen LogP contribution >= 0.6 is 11.6 Å². The number of anilines is 1. The number of esters is 1. The molecule has 0 saturated carbocycles. The first kappa shape index (κ1) is 14.1. The summed E-state index contributed by atoms with van der Waals surface area (Å²) >= 11 is 5.87. The van der Waals surface area contributed by atoms with Crippen LogP contribution in [0.1, 0.15) is 15.9 Å². The zero-order valence-electron chi connectivity index (χ0n) is 10.8. The number of rotatable bonds is 4. The summed E-state index contributed by atoms with van der Waals surface area (Å²) in [5.74, 6) is -0.356. The van der Waals surface area contributed by atoms with E-state index < -0.39 is 0 Å². The number of hydrogen-bond acceptors (Lipinski definition) is 4. The van der Waals surface area contributed by atoms with Crippen LogP contribution in [0.5, 0.6) is 0 Å². The van der Waals surface area contributed by atoms with Crippen molar-refractivity contribution in [1.82, 2.24) is 0 Å². The van der Waals surface area contributed by atoms with Gasteiger partial charge < -0.3 is 4.74 Å². The summed E-state index contributed by atoms with van der Waals surface area (Å²) in [5.41, 5.74) is 5.06. The Kier molecular flexibility index (Phi) is 4.74. The van der Waals surface area contributed by atoms with Gasteiger partial charge in [0.05, 0.1) is 24.6 Å². The molecule has 20 heavy (non-hydrogen) atoms. The Labute approximate surface area is 122 Å². The van der Waals surface area contributed by atoms with E-state index >= 15 is 0 Å². The molecule has 0 amide bonds. The van der Waals surface area contributed by atoms with Gasteiger partial charge in [0.15, 0.2) is 0 Å². The van der Waals surface area contributed by atoms with Gasteiger partial charge in [0.2, 0.25) is 0 Å². The number of benzene rings is 2. The number of hydrazone groups is 1. The highest BCUT2D eigenvalue weighted by molar-refractivity contribution is 6.30. The first-order valence-electron chi connectivity index (χ1n) is 5.92. The van der Waals surface area contributed by atoms with E-state index in [1.807, 2.05) is 12.1 Å². The molecule has 0 aliphatic rings. The van der Waals surface area contributed by atoms with Gasteiger partial charge in [-0.25, -0.2) is 4.79 Å². The molecule has 2 aromatic rings. The number of ether oxygens (including phenoxy) is 1. The van der Waals surface area contributed by atoms with Gasteiger partial charge in [-0.3, -0.25) is 5.43 Å². The Morgan fingerprint density at radius 2 is 2.00 bits per heavy atom. The Morgan fingerprint density at radius 1 is 1.25 bits per heavy atom. The second kappa shape index (κ2) is 6.73. The van der Waals surface area contributed by atoms with Crippen molar-refractivity contribution in [2.24, 2.45) is 5.10 Å². The molecule has 0 fully saturated rings. The van der Waals surface area contributed by atoms with Crippen LogP contribution in [0.3, 0.4) is 0 Å². The lowest BCUT2D eigenvalue weighted by Gasteiger charge is -2.01. The fraction of sp³-hybridized carbons (Fsp3) is 0.0667. The van der Waals surface area contributed by atoms with E-state index in [1.165, 1.54) is 7.11 Å². The molecule has 0 heterocycles. The standard InChI is InChI=1S/C15H13ClN2O2/c1-20-15(19)12-7-5-11(6-8-12)10-17-18-14-4-2-3-13(16)9-14/h2-10,18H,1H3. The predicted molar refractivity (Wildman–Crippen MR) is 80.5 cm³/mol. The molecule has 4 nitrogen and oxygen atoms in total. The Hall–Kier alpha value is -2.33. The van der Waals surface area contributed by atoms with E-state index in [1.54, 1.807) is 42.6 Å². The number of carbonyl (C=O) groups is 1. The van der Waals surface area contributed by atoms with Gasteiger partial charge in [0.25, 0.3) is 0 Å². The van der Waals surface area contributed by atoms with Crippen LogP contribution in [0.2, 0.25) is 5.02 Å². The van der Waals surface area contributed by atoms with Gasteiger partial charge in [0.1, 0.15) is 0 Å². The first-order chi connectivity index (χ1) is 9.69. The van der Waals surface area contributed by atoms with E-state index in [9.17, 15) is 4.79 Å². The number of hydrogen-bond donors (Lipinski definition) is 1. The molecule has 2 rings (SSSR count). The van der Waals surface area contributed by atoms with Crippen molar-refractivity contribution in [1.29, 1.82) is 0 Å². The molecule has 0 bridgehead atoms. The van der Waals surface area contributed by atoms with Crippen molar-refractivity contribution in [2.45, 2.75) is 0 Å². The molecular formula is C15H13ClN2O2. The van der Waals surface area contributed by atoms with E-state index in [0.29, 0.717) is 10.6 Å². The second-order valence-corrected chi connectivity index (χ2v) is 4.43. The molecule has 0 saturated heterocycles. The Morgan fingerprint density at radius 3 is 2.65 bits per heavy atom. The molecule has 0 aliphatic heterocycles. The van der Waals surface area contributed by atoms with E-state index in [0.717, 1.165) is 11.3 Å². The third-order valence-electron chi connectivity index (χ3n) is 2.56. The third-order valence-corrected chi connectivity index (χ3v) is 2.80. The van der Waals surface area contributed by atoms with Crippen molar-refractivity contribution < 1.29 is 9.53 Å². The topological polar surface area (TPSA) is 50.7 Å². The number of carbonyl (C=O) groups excluding carboxylic acids is 1. The van der Waals surface area contributed by atoms with Crippen molar-refractivity contribution in [3.63, 3.8) is 0 Å².